The molecule has 1 heterocycles. The van der Waals surface area contributed by atoms with Gasteiger partial charge in [0.05, 0.1) is 6.61 Å². The van der Waals surface area contributed by atoms with Crippen molar-refractivity contribution >= 4 is 5.91 Å². The number of rotatable bonds is 8. The lowest BCUT2D eigenvalue weighted by Gasteiger charge is -2.28. The highest BCUT2D eigenvalue weighted by Gasteiger charge is 2.22. The summed E-state index contributed by atoms with van der Waals surface area (Å²) in [5.41, 5.74) is 0. The van der Waals surface area contributed by atoms with E-state index in [1.165, 1.54) is 25.7 Å². The van der Waals surface area contributed by atoms with Crippen LogP contribution < -0.4 is 10.6 Å². The SMILES string of the molecule is CC(CC(=O)NCCOCC1CC1)C1CCCNC1. The van der Waals surface area contributed by atoms with E-state index < -0.39 is 0 Å². The zero-order valence-corrected chi connectivity index (χ0v) is 12.1. The van der Waals surface area contributed by atoms with E-state index in [9.17, 15) is 4.79 Å². The molecular formula is C15H28N2O2. The molecule has 2 rings (SSSR count). The second-order valence-electron chi connectivity index (χ2n) is 6.16. The molecule has 0 aromatic carbocycles. The molecule has 2 atom stereocenters. The standard InChI is InChI=1S/C15H28N2O2/c1-12(14-3-2-6-16-10-14)9-15(18)17-7-8-19-11-13-4-5-13/h12-14,16H,2-11H2,1H3,(H,17,18). The topological polar surface area (TPSA) is 50.4 Å². The second-order valence-corrected chi connectivity index (χ2v) is 6.16. The highest BCUT2D eigenvalue weighted by Crippen LogP contribution is 2.28. The Bertz CT molecular complexity index is 273. The van der Waals surface area contributed by atoms with E-state index in [4.69, 9.17) is 4.74 Å². The molecule has 0 radical (unpaired) electrons. The normalized spacial score (nSPS) is 25.0. The molecule has 4 heteroatoms. The fourth-order valence-corrected chi connectivity index (χ4v) is 2.69. The van der Waals surface area contributed by atoms with Crippen LogP contribution in [0.2, 0.25) is 0 Å². The van der Waals surface area contributed by atoms with Crippen LogP contribution in [0.25, 0.3) is 0 Å². The Hall–Kier alpha value is -0.610. The van der Waals surface area contributed by atoms with E-state index in [0.717, 1.165) is 25.6 Å². The summed E-state index contributed by atoms with van der Waals surface area (Å²) in [6.07, 6.45) is 5.78. The van der Waals surface area contributed by atoms with Crippen LogP contribution in [0, 0.1) is 17.8 Å². The summed E-state index contributed by atoms with van der Waals surface area (Å²) in [7, 11) is 0. The Morgan fingerprint density at radius 1 is 1.42 bits per heavy atom. The summed E-state index contributed by atoms with van der Waals surface area (Å²) in [6, 6.07) is 0. The van der Waals surface area contributed by atoms with E-state index in [-0.39, 0.29) is 5.91 Å². The van der Waals surface area contributed by atoms with Crippen LogP contribution in [0.1, 0.15) is 39.0 Å². The van der Waals surface area contributed by atoms with Crippen LogP contribution in [0.15, 0.2) is 0 Å². The smallest absolute Gasteiger partial charge is 0.220 e. The lowest BCUT2D eigenvalue weighted by atomic mass is 9.85. The van der Waals surface area contributed by atoms with Crippen LogP contribution in [0.3, 0.4) is 0 Å². The Balaban J connectivity index is 1.49. The number of hydrogen-bond donors (Lipinski definition) is 2. The fourth-order valence-electron chi connectivity index (χ4n) is 2.69. The summed E-state index contributed by atoms with van der Waals surface area (Å²) in [5, 5.41) is 6.38. The third-order valence-corrected chi connectivity index (χ3v) is 4.27. The zero-order chi connectivity index (χ0) is 13.5. The molecule has 0 spiro atoms. The van der Waals surface area contributed by atoms with Crippen molar-refractivity contribution < 1.29 is 9.53 Å². The number of carbonyl (C=O) groups excluding carboxylic acids is 1. The van der Waals surface area contributed by atoms with E-state index in [1.54, 1.807) is 0 Å². The lowest BCUT2D eigenvalue weighted by molar-refractivity contribution is -0.122. The number of ether oxygens (including phenoxy) is 1. The Morgan fingerprint density at radius 3 is 2.95 bits per heavy atom. The van der Waals surface area contributed by atoms with Gasteiger partial charge in [-0.15, -0.1) is 0 Å². The molecule has 110 valence electrons. The summed E-state index contributed by atoms with van der Waals surface area (Å²) in [4.78, 5) is 11.8. The molecule has 1 aliphatic carbocycles. The number of hydrogen-bond acceptors (Lipinski definition) is 3. The minimum absolute atomic E-state index is 0.174. The first-order chi connectivity index (χ1) is 9.25. The number of carbonyl (C=O) groups is 1. The Kier molecular flexibility index (Phi) is 6.11. The monoisotopic (exact) mass is 268 g/mol. The van der Waals surface area contributed by atoms with Gasteiger partial charge in [0.1, 0.15) is 0 Å². The number of amides is 1. The highest BCUT2D eigenvalue weighted by molar-refractivity contribution is 5.76. The van der Waals surface area contributed by atoms with Crippen molar-refractivity contribution in [1.29, 1.82) is 0 Å². The molecular weight excluding hydrogens is 240 g/mol. The van der Waals surface area contributed by atoms with E-state index in [2.05, 4.69) is 17.6 Å². The molecule has 1 saturated heterocycles. The first-order valence-corrected chi connectivity index (χ1v) is 7.81. The van der Waals surface area contributed by atoms with Crippen molar-refractivity contribution in [2.45, 2.75) is 39.0 Å². The van der Waals surface area contributed by atoms with Crippen molar-refractivity contribution in [3.8, 4) is 0 Å². The summed E-state index contributed by atoms with van der Waals surface area (Å²) < 4.78 is 5.50. The average molecular weight is 268 g/mol. The largest absolute Gasteiger partial charge is 0.379 e. The second kappa shape index (κ2) is 7.85. The van der Waals surface area contributed by atoms with Crippen molar-refractivity contribution in [2.24, 2.45) is 17.8 Å². The van der Waals surface area contributed by atoms with E-state index in [1.807, 2.05) is 0 Å². The van der Waals surface area contributed by atoms with Gasteiger partial charge < -0.3 is 15.4 Å². The third kappa shape index (κ3) is 5.91. The minimum atomic E-state index is 0.174. The maximum Gasteiger partial charge on any atom is 0.220 e. The lowest BCUT2D eigenvalue weighted by Crippen LogP contribution is -2.36. The van der Waals surface area contributed by atoms with Crippen LogP contribution in [0.4, 0.5) is 0 Å². The van der Waals surface area contributed by atoms with Gasteiger partial charge in [0.25, 0.3) is 0 Å². The maximum absolute atomic E-state index is 11.8. The molecule has 2 fully saturated rings. The van der Waals surface area contributed by atoms with Gasteiger partial charge in [0.15, 0.2) is 0 Å². The van der Waals surface area contributed by atoms with Gasteiger partial charge in [-0.25, -0.2) is 0 Å². The van der Waals surface area contributed by atoms with Gasteiger partial charge in [-0.3, -0.25) is 4.79 Å². The quantitative estimate of drug-likeness (QED) is 0.657. The number of nitrogens with one attached hydrogen (secondary N) is 2. The molecule has 2 aliphatic rings. The summed E-state index contributed by atoms with van der Waals surface area (Å²) in [5.74, 6) is 2.11. The van der Waals surface area contributed by atoms with E-state index >= 15 is 0 Å². The predicted molar refractivity (Wildman–Crippen MR) is 75.9 cm³/mol. The molecule has 19 heavy (non-hydrogen) atoms. The van der Waals surface area contributed by atoms with Crippen molar-refractivity contribution in [3.63, 3.8) is 0 Å². The Labute approximate surface area is 116 Å². The highest BCUT2D eigenvalue weighted by atomic mass is 16.5. The Morgan fingerprint density at radius 2 is 2.26 bits per heavy atom. The first-order valence-electron chi connectivity index (χ1n) is 7.81. The summed E-state index contributed by atoms with van der Waals surface area (Å²) in [6.45, 7) is 6.58. The van der Waals surface area contributed by atoms with Crippen molar-refractivity contribution in [3.05, 3.63) is 0 Å². The van der Waals surface area contributed by atoms with Crippen LogP contribution in [-0.4, -0.2) is 38.8 Å². The van der Waals surface area contributed by atoms with Crippen LogP contribution in [0.5, 0.6) is 0 Å². The maximum atomic E-state index is 11.8. The zero-order valence-electron chi connectivity index (χ0n) is 12.1. The molecule has 0 bridgehead atoms. The summed E-state index contributed by atoms with van der Waals surface area (Å²) >= 11 is 0. The van der Waals surface area contributed by atoms with Gasteiger partial charge >= 0.3 is 0 Å². The third-order valence-electron chi connectivity index (χ3n) is 4.27. The van der Waals surface area contributed by atoms with Crippen molar-refractivity contribution in [1.82, 2.24) is 10.6 Å². The molecule has 1 amide bonds. The van der Waals surface area contributed by atoms with Gasteiger partial charge in [-0.1, -0.05) is 6.92 Å². The molecule has 1 aliphatic heterocycles. The van der Waals surface area contributed by atoms with Crippen molar-refractivity contribution in [2.75, 3.05) is 32.8 Å². The molecule has 2 N–H and O–H groups in total. The molecule has 1 saturated carbocycles. The predicted octanol–water partition coefficient (Wildman–Crippen LogP) is 1.55. The molecule has 0 aromatic rings. The van der Waals surface area contributed by atoms with Gasteiger partial charge in [-0.05, 0) is 56.5 Å². The fraction of sp³-hybridized carbons (Fsp3) is 0.933. The van der Waals surface area contributed by atoms with Crippen LogP contribution in [-0.2, 0) is 9.53 Å². The average Bonchev–Trinajstić information content (AvgIpc) is 3.23. The minimum Gasteiger partial charge on any atom is -0.379 e. The van der Waals surface area contributed by atoms with Crippen LogP contribution >= 0.6 is 0 Å². The number of piperidine rings is 1. The molecule has 2 unspecified atom stereocenters. The first kappa shape index (κ1) is 14.8. The van der Waals surface area contributed by atoms with E-state index in [0.29, 0.717) is 31.4 Å². The van der Waals surface area contributed by atoms with Gasteiger partial charge in [0.2, 0.25) is 5.91 Å². The molecule has 4 nitrogen and oxygen atoms in total. The van der Waals surface area contributed by atoms with Gasteiger partial charge in [0, 0.05) is 19.6 Å². The van der Waals surface area contributed by atoms with Gasteiger partial charge in [-0.2, -0.15) is 0 Å². The molecule has 0 aromatic heterocycles.